The third kappa shape index (κ3) is 27.7. The number of primary amides is 1. The van der Waals surface area contributed by atoms with Gasteiger partial charge in [0.1, 0.15) is 66.5 Å². The highest BCUT2D eigenvalue weighted by molar-refractivity contribution is 8.14. The van der Waals surface area contributed by atoms with Crippen LogP contribution >= 0.6 is 11.8 Å². The summed E-state index contributed by atoms with van der Waals surface area (Å²) in [5.74, 6) is -15.5. The normalized spacial score (nSPS) is 23.0. The number of benzene rings is 1. The van der Waals surface area contributed by atoms with Gasteiger partial charge in [0, 0.05) is 43.5 Å². The number of thioether (sulfide) groups is 1. The molecule has 34 heteroatoms. The van der Waals surface area contributed by atoms with E-state index in [2.05, 4.69) is 73.4 Å². The van der Waals surface area contributed by atoms with Gasteiger partial charge in [0.15, 0.2) is 0 Å². The first kappa shape index (κ1) is 82.4. The molecule has 1 saturated heterocycles. The van der Waals surface area contributed by atoms with Gasteiger partial charge in [0.05, 0.1) is 30.3 Å². The van der Waals surface area contributed by atoms with E-state index < -0.39 is 193 Å². The van der Waals surface area contributed by atoms with Gasteiger partial charge in [0.25, 0.3) is 0 Å². The highest BCUT2D eigenvalue weighted by Gasteiger charge is 2.40. The minimum Gasteiger partial charge on any atom is -0.481 e. The van der Waals surface area contributed by atoms with Gasteiger partial charge in [-0.2, -0.15) is 0 Å². The van der Waals surface area contributed by atoms with E-state index in [0.29, 0.717) is 16.3 Å². The van der Waals surface area contributed by atoms with Crippen molar-refractivity contribution in [1.29, 1.82) is 0 Å². The minimum absolute atomic E-state index is 0.000468. The number of aliphatic imine (C=N–C) groups is 1. The fraction of sp³-hybridized carbons (Fsp3) is 0.631. The molecule has 0 aliphatic carbocycles. The molecule has 2 aromatic rings. The first-order valence-corrected chi connectivity index (χ1v) is 34.5. The Balaban J connectivity index is 1.75. The van der Waals surface area contributed by atoms with Gasteiger partial charge < -0.3 is 90.9 Å². The Morgan fingerprint density at radius 3 is 1.87 bits per heavy atom. The minimum atomic E-state index is -1.94. The van der Waals surface area contributed by atoms with Crippen LogP contribution in [0.2, 0.25) is 0 Å². The van der Waals surface area contributed by atoms with Crippen LogP contribution in [0.5, 0.6) is 0 Å². The number of aliphatic carboxylic acids is 2. The summed E-state index contributed by atoms with van der Waals surface area (Å²) in [4.78, 5) is 206. The highest BCUT2D eigenvalue weighted by Crippen LogP contribution is 2.25. The molecule has 2 aliphatic rings. The van der Waals surface area contributed by atoms with E-state index in [0.717, 1.165) is 6.42 Å². The number of rotatable bonds is 30. The SMILES string of the molecule is CCC(C)C(N)C1=NC(C(=O)NC(CC(C)C)C(=O)NC(CCC(=O)O)C(=O)NC(C(=O)NC2CCCCNC(=O)C(CC(N)=O)NC(=O)C(CC(=O)O)NC(=O)C(Cc3cnc[nH]3)NC(=O)C(Cc3ccccc3)NC(=O)C(C(C)CC)NC(=O)C(CCCN)NC2=O)C(C)C)CS1. The Labute approximate surface area is 579 Å². The van der Waals surface area contributed by atoms with E-state index in [1.165, 1.54) is 24.3 Å². The summed E-state index contributed by atoms with van der Waals surface area (Å²) >= 11 is 1.35. The molecular weight excluding hydrogens is 1310 g/mol. The second kappa shape index (κ2) is 41.4. The van der Waals surface area contributed by atoms with Crippen molar-refractivity contribution < 1.29 is 77.3 Å². The number of aromatic nitrogens is 2. The maximum atomic E-state index is 14.8. The van der Waals surface area contributed by atoms with Gasteiger partial charge in [-0.15, -0.1) is 11.8 Å². The average Bonchev–Trinajstić information content (AvgIpc) is 1.72. The molecule has 33 nitrogen and oxygen atoms in total. The van der Waals surface area contributed by atoms with Crippen LogP contribution in [0.4, 0.5) is 0 Å². The van der Waals surface area contributed by atoms with Gasteiger partial charge in [-0.3, -0.25) is 72.1 Å². The van der Waals surface area contributed by atoms with E-state index in [4.69, 9.17) is 17.2 Å². The third-order valence-corrected chi connectivity index (χ3v) is 18.1. The van der Waals surface area contributed by atoms with E-state index in [1.54, 1.807) is 71.9 Å². The number of aromatic amines is 1. The molecular formula is C65H101N17O16S. The number of amides is 12. The number of imidazole rings is 1. The number of carboxylic acid groups (broad SMARTS) is 2. The smallest absolute Gasteiger partial charge is 0.305 e. The van der Waals surface area contributed by atoms with Crippen molar-refractivity contribution in [3.8, 4) is 0 Å². The molecule has 0 spiro atoms. The van der Waals surface area contributed by atoms with Crippen LogP contribution in [0.15, 0.2) is 47.8 Å². The maximum Gasteiger partial charge on any atom is 0.305 e. The Hall–Kier alpha value is -9.05. The van der Waals surface area contributed by atoms with E-state index >= 15 is 0 Å². The van der Waals surface area contributed by atoms with Gasteiger partial charge in [-0.1, -0.05) is 98.6 Å². The number of nitrogens with one attached hydrogen (secondary N) is 12. The zero-order valence-corrected chi connectivity index (χ0v) is 58.3. The lowest BCUT2D eigenvalue weighted by Crippen LogP contribution is -2.62. The average molecular weight is 1410 g/mol. The van der Waals surface area contributed by atoms with Crippen LogP contribution in [0.25, 0.3) is 0 Å². The van der Waals surface area contributed by atoms with Crippen LogP contribution in [-0.2, 0) is 80.0 Å². The summed E-state index contributed by atoms with van der Waals surface area (Å²) in [6.07, 6.45) is 0.119. The first-order valence-electron chi connectivity index (χ1n) is 33.6. The number of carboxylic acids is 2. The van der Waals surface area contributed by atoms with Gasteiger partial charge in [-0.25, -0.2) is 4.98 Å². The monoisotopic (exact) mass is 1410 g/mol. The zero-order chi connectivity index (χ0) is 73.6. The van der Waals surface area contributed by atoms with E-state index in [9.17, 15) is 77.3 Å². The molecule has 3 heterocycles. The molecule has 548 valence electrons. The molecule has 20 N–H and O–H groups in total. The zero-order valence-electron chi connectivity index (χ0n) is 57.4. The Bertz CT molecular complexity index is 3140. The van der Waals surface area contributed by atoms with Crippen LogP contribution in [0.3, 0.4) is 0 Å². The highest BCUT2D eigenvalue weighted by atomic mass is 32.2. The quantitative estimate of drug-likeness (QED) is 0.0400. The summed E-state index contributed by atoms with van der Waals surface area (Å²) in [5, 5.41) is 48.8. The fourth-order valence-corrected chi connectivity index (χ4v) is 11.9. The molecule has 14 atom stereocenters. The number of hydrogen-bond acceptors (Lipinski definition) is 19. The van der Waals surface area contributed by atoms with Gasteiger partial charge >= 0.3 is 11.9 Å². The summed E-state index contributed by atoms with van der Waals surface area (Å²) in [6, 6.07) is -8.36. The summed E-state index contributed by atoms with van der Waals surface area (Å²) < 4.78 is 0. The van der Waals surface area contributed by atoms with Crippen molar-refractivity contribution in [2.24, 2.45) is 45.9 Å². The van der Waals surface area contributed by atoms with Crippen molar-refractivity contribution in [2.75, 3.05) is 18.8 Å². The number of nitrogens with two attached hydrogens (primary N) is 3. The summed E-state index contributed by atoms with van der Waals surface area (Å²) in [7, 11) is 0. The molecule has 14 unspecified atom stereocenters. The number of hydrogen-bond donors (Lipinski definition) is 17. The van der Waals surface area contributed by atoms with Crippen molar-refractivity contribution >= 4 is 99.6 Å². The standard InChI is InChI=1S/C65H101N17O16S/c1-9-35(7)51(68)65-80-47(31-99-65)62(96)75-42(25-33(3)4)58(92)73-41(21-22-49(84)85)57(91)81-52(34(5)6)63(97)74-39-19-14-15-24-70-54(88)45(28-48(67)83)77-61(95)46(29-50(86)87)78-60(94)44(27-38-30-69-32-71-38)76-59(93)43(26-37-17-12-11-13-18-37)79-64(98)53(36(8)10-2)82-56(90)40(20-16-23-66)72-55(39)89/h11-13,17-18,30,32-36,39-47,51-53H,9-10,14-16,19-29,31,66,68H2,1-8H3,(H2,67,83)(H,69,71)(H,70,88)(H,72,89)(H,73,92)(H,74,97)(H,75,96)(H,76,93)(H,77,95)(H,78,94)(H,79,98)(H,81,91)(H,82,90)(H,84,85)(H,86,87). The van der Waals surface area contributed by atoms with Crippen molar-refractivity contribution in [2.45, 2.75) is 218 Å². The van der Waals surface area contributed by atoms with Crippen molar-refractivity contribution in [3.63, 3.8) is 0 Å². The molecule has 1 aromatic heterocycles. The summed E-state index contributed by atoms with van der Waals surface area (Å²) in [5.41, 5.74) is 18.7. The van der Waals surface area contributed by atoms with Crippen molar-refractivity contribution in [1.82, 2.24) is 68.5 Å². The number of nitrogens with zero attached hydrogens (tertiary/aromatic N) is 2. The van der Waals surface area contributed by atoms with Gasteiger partial charge in [-0.05, 0) is 80.7 Å². The van der Waals surface area contributed by atoms with E-state index in [-0.39, 0.29) is 88.5 Å². The lowest BCUT2D eigenvalue weighted by molar-refractivity contribution is -0.142. The van der Waals surface area contributed by atoms with Crippen molar-refractivity contribution in [3.05, 3.63) is 54.1 Å². The maximum absolute atomic E-state index is 14.8. The van der Waals surface area contributed by atoms with Gasteiger partial charge in [0.2, 0.25) is 70.9 Å². The second-order valence-corrected chi connectivity index (χ2v) is 26.9. The third-order valence-electron chi connectivity index (χ3n) is 16.9. The summed E-state index contributed by atoms with van der Waals surface area (Å²) in [6.45, 7) is 13.9. The number of carbonyl (C=O) groups excluding carboxylic acids is 12. The molecule has 0 saturated carbocycles. The van der Waals surface area contributed by atoms with Crippen LogP contribution in [0.1, 0.15) is 144 Å². The molecule has 2 aliphatic heterocycles. The molecule has 4 rings (SSSR count). The Morgan fingerprint density at radius 1 is 0.677 bits per heavy atom. The Kier molecular flexibility index (Phi) is 34.4. The van der Waals surface area contributed by atoms with Crippen LogP contribution in [-0.4, -0.2) is 199 Å². The lowest BCUT2D eigenvalue weighted by Gasteiger charge is -2.30. The predicted octanol–water partition coefficient (Wildman–Crippen LogP) is -2.07. The number of carbonyl (C=O) groups is 14. The predicted molar refractivity (Wildman–Crippen MR) is 365 cm³/mol. The molecule has 0 radical (unpaired) electrons. The molecule has 0 bridgehead atoms. The number of H-pyrrole nitrogens is 1. The first-order chi connectivity index (χ1) is 46.8. The topological polar surface area (TPSA) is 531 Å². The second-order valence-electron chi connectivity index (χ2n) is 25.8. The molecule has 99 heavy (non-hydrogen) atoms. The largest absolute Gasteiger partial charge is 0.481 e. The Morgan fingerprint density at radius 2 is 1.28 bits per heavy atom. The fourth-order valence-electron chi connectivity index (χ4n) is 10.7. The van der Waals surface area contributed by atoms with E-state index in [1.807, 2.05) is 13.8 Å². The molecule has 12 amide bonds. The van der Waals surface area contributed by atoms with Crippen LogP contribution < -0.4 is 75.7 Å². The molecule has 1 aromatic carbocycles. The van der Waals surface area contributed by atoms with Crippen LogP contribution in [0, 0.1) is 23.7 Å². The lowest BCUT2D eigenvalue weighted by atomic mass is 9.96. The molecule has 1 fully saturated rings.